The number of carbonyl (C=O) groups is 1. The summed E-state index contributed by atoms with van der Waals surface area (Å²) in [5.41, 5.74) is 0. The zero-order chi connectivity index (χ0) is 10.8. The van der Waals surface area contributed by atoms with Gasteiger partial charge in [0.05, 0.1) is 0 Å². The highest BCUT2D eigenvalue weighted by atomic mass is 79.9. The fraction of sp³-hybridized carbons (Fsp3) is 0.625. The highest BCUT2D eigenvalue weighted by molar-refractivity contribution is 9.11. The highest BCUT2D eigenvalue weighted by Crippen LogP contribution is 2.21. The molecule has 1 heterocycles. The molecule has 0 bridgehead atoms. The minimum absolute atomic E-state index is 0.0174. The Balaban J connectivity index is 1.84. The summed E-state index contributed by atoms with van der Waals surface area (Å²) in [4.78, 5) is 11.6. The average Bonchev–Trinajstić information content (AvgIpc) is 2.90. The van der Waals surface area contributed by atoms with Gasteiger partial charge in [-0.1, -0.05) is 11.3 Å². The molecule has 2 rings (SSSR count). The summed E-state index contributed by atoms with van der Waals surface area (Å²) in [6.07, 6.45) is 2.20. The van der Waals surface area contributed by atoms with E-state index in [4.69, 9.17) is 0 Å². The fourth-order valence-corrected chi connectivity index (χ4v) is 2.17. The van der Waals surface area contributed by atoms with Gasteiger partial charge in [-0.3, -0.25) is 4.79 Å². The minimum Gasteiger partial charge on any atom is -0.352 e. The topological polar surface area (TPSA) is 66.9 Å². The first-order chi connectivity index (χ1) is 7.15. The van der Waals surface area contributed by atoms with Crippen molar-refractivity contribution >= 4 is 38.3 Å². The van der Waals surface area contributed by atoms with Gasteiger partial charge >= 0.3 is 0 Å². The van der Waals surface area contributed by atoms with Crippen molar-refractivity contribution < 1.29 is 4.79 Å². The van der Waals surface area contributed by atoms with Crippen molar-refractivity contribution in [1.29, 1.82) is 0 Å². The predicted octanol–water partition coefficient (Wildman–Crippen LogP) is 1.38. The van der Waals surface area contributed by atoms with Gasteiger partial charge in [-0.2, -0.15) is 0 Å². The molecule has 0 spiro atoms. The third kappa shape index (κ3) is 3.13. The number of rotatable bonds is 4. The van der Waals surface area contributed by atoms with E-state index >= 15 is 0 Å². The number of nitrogens with one attached hydrogen (secondary N) is 2. The minimum atomic E-state index is -0.273. The molecule has 2 N–H and O–H groups in total. The first-order valence-corrected chi connectivity index (χ1v) is 6.32. The van der Waals surface area contributed by atoms with E-state index in [-0.39, 0.29) is 11.9 Å². The van der Waals surface area contributed by atoms with Crippen LogP contribution in [0.3, 0.4) is 0 Å². The van der Waals surface area contributed by atoms with Gasteiger partial charge in [0.15, 0.2) is 3.92 Å². The van der Waals surface area contributed by atoms with Gasteiger partial charge in [0.2, 0.25) is 11.0 Å². The first kappa shape index (κ1) is 10.8. The van der Waals surface area contributed by atoms with Gasteiger partial charge in [-0.05, 0) is 35.7 Å². The van der Waals surface area contributed by atoms with Crippen molar-refractivity contribution in [3.8, 4) is 0 Å². The van der Waals surface area contributed by atoms with E-state index in [0.717, 1.165) is 12.8 Å². The first-order valence-electron chi connectivity index (χ1n) is 4.71. The number of halogens is 1. The van der Waals surface area contributed by atoms with Crippen LogP contribution in [0, 0.1) is 0 Å². The maximum atomic E-state index is 11.6. The SMILES string of the molecule is CC(Nc1nnc(Br)s1)C(=O)NC1CC1. The Kier molecular flexibility index (Phi) is 3.20. The molecule has 1 amide bonds. The molecule has 1 aliphatic carbocycles. The maximum absolute atomic E-state index is 11.6. The molecule has 0 radical (unpaired) electrons. The lowest BCUT2D eigenvalue weighted by Crippen LogP contribution is -2.38. The van der Waals surface area contributed by atoms with E-state index in [1.165, 1.54) is 11.3 Å². The number of amides is 1. The van der Waals surface area contributed by atoms with Crippen LogP contribution in [-0.4, -0.2) is 28.2 Å². The Labute approximate surface area is 99.8 Å². The molecule has 1 aromatic rings. The molecule has 1 aromatic heterocycles. The predicted molar refractivity (Wildman–Crippen MR) is 61.9 cm³/mol. The fourth-order valence-electron chi connectivity index (χ4n) is 1.07. The van der Waals surface area contributed by atoms with Crippen LogP contribution in [0.5, 0.6) is 0 Å². The summed E-state index contributed by atoms with van der Waals surface area (Å²) >= 11 is 4.59. The van der Waals surface area contributed by atoms with Crippen LogP contribution >= 0.6 is 27.3 Å². The molecular formula is C8H11BrN4OS. The van der Waals surface area contributed by atoms with Crippen LogP contribution < -0.4 is 10.6 Å². The molecule has 0 aromatic carbocycles. The summed E-state index contributed by atoms with van der Waals surface area (Å²) in [6, 6.07) is 0.119. The second-order valence-electron chi connectivity index (χ2n) is 3.51. The second-order valence-corrected chi connectivity index (χ2v) is 5.76. The van der Waals surface area contributed by atoms with E-state index in [1.54, 1.807) is 0 Å². The van der Waals surface area contributed by atoms with Gasteiger partial charge in [0.1, 0.15) is 6.04 Å². The van der Waals surface area contributed by atoms with Gasteiger partial charge < -0.3 is 10.6 Å². The quantitative estimate of drug-likeness (QED) is 0.879. The second kappa shape index (κ2) is 4.44. The molecule has 15 heavy (non-hydrogen) atoms. The van der Waals surface area contributed by atoms with Crippen molar-refractivity contribution in [3.63, 3.8) is 0 Å². The molecule has 5 nitrogen and oxygen atoms in total. The van der Waals surface area contributed by atoms with E-state index < -0.39 is 0 Å². The Morgan fingerprint density at radius 3 is 2.87 bits per heavy atom. The summed E-state index contributed by atoms with van der Waals surface area (Å²) in [6.45, 7) is 1.81. The number of aromatic nitrogens is 2. The molecule has 0 aliphatic heterocycles. The van der Waals surface area contributed by atoms with Crippen LogP contribution in [0.4, 0.5) is 5.13 Å². The van der Waals surface area contributed by atoms with Crippen LogP contribution in [0.25, 0.3) is 0 Å². The maximum Gasteiger partial charge on any atom is 0.242 e. The molecular weight excluding hydrogens is 280 g/mol. The number of nitrogens with zero attached hydrogens (tertiary/aromatic N) is 2. The molecule has 1 fully saturated rings. The number of hydrogen-bond acceptors (Lipinski definition) is 5. The lowest BCUT2D eigenvalue weighted by Gasteiger charge is -2.11. The lowest BCUT2D eigenvalue weighted by molar-refractivity contribution is -0.121. The van der Waals surface area contributed by atoms with Crippen LogP contribution in [0.2, 0.25) is 0 Å². The van der Waals surface area contributed by atoms with Gasteiger partial charge in [0.25, 0.3) is 0 Å². The largest absolute Gasteiger partial charge is 0.352 e. The van der Waals surface area contributed by atoms with E-state index in [0.29, 0.717) is 15.1 Å². The third-order valence-corrected chi connectivity index (χ3v) is 3.34. The molecule has 1 unspecified atom stereocenters. The number of hydrogen-bond donors (Lipinski definition) is 2. The smallest absolute Gasteiger partial charge is 0.242 e. The summed E-state index contributed by atoms with van der Waals surface area (Å²) in [7, 11) is 0. The lowest BCUT2D eigenvalue weighted by atomic mass is 10.3. The molecule has 0 saturated heterocycles. The third-order valence-electron chi connectivity index (χ3n) is 2.06. The zero-order valence-electron chi connectivity index (χ0n) is 8.16. The number of carbonyl (C=O) groups excluding carboxylic acids is 1. The molecule has 1 atom stereocenters. The summed E-state index contributed by atoms with van der Waals surface area (Å²) in [5.74, 6) is 0.0174. The Morgan fingerprint density at radius 1 is 1.60 bits per heavy atom. The molecule has 1 saturated carbocycles. The van der Waals surface area contributed by atoms with Gasteiger partial charge in [0, 0.05) is 6.04 Å². The molecule has 82 valence electrons. The Bertz CT molecular complexity index is 365. The zero-order valence-corrected chi connectivity index (χ0v) is 10.6. The van der Waals surface area contributed by atoms with Crippen LogP contribution in [0.15, 0.2) is 3.92 Å². The standard InChI is InChI=1S/C8H11BrN4OS/c1-4(6(14)11-5-2-3-5)10-8-13-12-7(9)15-8/h4-5H,2-3H2,1H3,(H,10,13)(H,11,14). The van der Waals surface area contributed by atoms with Crippen molar-refractivity contribution in [2.24, 2.45) is 0 Å². The molecule has 1 aliphatic rings. The van der Waals surface area contributed by atoms with Crippen LogP contribution in [-0.2, 0) is 4.79 Å². The van der Waals surface area contributed by atoms with Crippen molar-refractivity contribution in [2.75, 3.05) is 5.32 Å². The normalized spacial score (nSPS) is 17.2. The van der Waals surface area contributed by atoms with Crippen molar-refractivity contribution in [1.82, 2.24) is 15.5 Å². The van der Waals surface area contributed by atoms with Crippen molar-refractivity contribution in [3.05, 3.63) is 3.92 Å². The van der Waals surface area contributed by atoms with E-state index in [2.05, 4.69) is 36.8 Å². The molecule has 7 heteroatoms. The van der Waals surface area contributed by atoms with Crippen LogP contribution in [0.1, 0.15) is 19.8 Å². The monoisotopic (exact) mass is 290 g/mol. The van der Waals surface area contributed by atoms with Gasteiger partial charge in [-0.15, -0.1) is 10.2 Å². The van der Waals surface area contributed by atoms with Gasteiger partial charge in [-0.25, -0.2) is 0 Å². The Hall–Kier alpha value is -0.690. The number of anilines is 1. The van der Waals surface area contributed by atoms with E-state index in [9.17, 15) is 4.79 Å². The average molecular weight is 291 g/mol. The van der Waals surface area contributed by atoms with Crippen molar-refractivity contribution in [2.45, 2.75) is 31.8 Å². The Morgan fingerprint density at radius 2 is 2.33 bits per heavy atom. The highest BCUT2D eigenvalue weighted by Gasteiger charge is 2.25. The summed E-state index contributed by atoms with van der Waals surface area (Å²) < 4.78 is 0.708. The summed E-state index contributed by atoms with van der Waals surface area (Å²) in [5, 5.41) is 14.2. The van der Waals surface area contributed by atoms with E-state index in [1.807, 2.05) is 6.92 Å².